The van der Waals surface area contributed by atoms with Crippen molar-refractivity contribution < 1.29 is 18.0 Å². The van der Waals surface area contributed by atoms with Gasteiger partial charge in [-0.15, -0.1) is 0 Å². The molecule has 1 fully saturated rings. The number of carbonyl (C=O) groups excluding carboxylic acids is 1. The molecule has 1 heterocycles. The monoisotopic (exact) mass is 259 g/mol. The summed E-state index contributed by atoms with van der Waals surface area (Å²) in [5.74, 6) is -4.26. The fraction of sp³-hybridized carbons (Fsp3) is 0.455. The van der Waals surface area contributed by atoms with Crippen molar-refractivity contribution in [1.82, 2.24) is 10.3 Å². The molecule has 0 bridgehead atoms. The molecule has 1 aromatic rings. The minimum Gasteiger partial charge on any atom is -0.367 e. The average molecular weight is 259 g/mol. The fourth-order valence-electron chi connectivity index (χ4n) is 1.39. The molecule has 0 atom stereocenters. The van der Waals surface area contributed by atoms with Crippen LogP contribution in [-0.4, -0.2) is 23.5 Å². The van der Waals surface area contributed by atoms with E-state index in [4.69, 9.17) is 0 Å². The van der Waals surface area contributed by atoms with E-state index in [1.54, 1.807) is 0 Å². The van der Waals surface area contributed by atoms with E-state index < -0.39 is 23.4 Å². The van der Waals surface area contributed by atoms with Gasteiger partial charge in [0.25, 0.3) is 5.95 Å². The molecule has 0 radical (unpaired) electrons. The second kappa shape index (κ2) is 5.24. The molecule has 1 aromatic heterocycles. The van der Waals surface area contributed by atoms with Gasteiger partial charge in [0.05, 0.1) is 0 Å². The van der Waals surface area contributed by atoms with Crippen LogP contribution in [0.2, 0.25) is 0 Å². The predicted octanol–water partition coefficient (Wildman–Crippen LogP) is 1.58. The molecule has 2 rings (SSSR count). The molecular weight excluding hydrogens is 247 g/mol. The molecule has 1 saturated carbocycles. The summed E-state index contributed by atoms with van der Waals surface area (Å²) in [6.07, 6.45) is 2.09. The van der Waals surface area contributed by atoms with Crippen molar-refractivity contribution in [2.75, 3.05) is 11.9 Å². The molecule has 98 valence electrons. The first-order valence-corrected chi connectivity index (χ1v) is 5.61. The number of nitrogens with one attached hydrogen (secondary N) is 2. The van der Waals surface area contributed by atoms with Gasteiger partial charge in [-0.3, -0.25) is 4.79 Å². The van der Waals surface area contributed by atoms with E-state index in [1.165, 1.54) is 0 Å². The third-order valence-corrected chi connectivity index (χ3v) is 2.47. The minimum absolute atomic E-state index is 0.105. The quantitative estimate of drug-likeness (QED) is 0.789. The first-order chi connectivity index (χ1) is 8.56. The van der Waals surface area contributed by atoms with Crippen LogP contribution in [0.3, 0.4) is 0 Å². The van der Waals surface area contributed by atoms with Gasteiger partial charge >= 0.3 is 0 Å². The van der Waals surface area contributed by atoms with Crippen molar-refractivity contribution in [3.63, 3.8) is 0 Å². The first kappa shape index (κ1) is 12.7. The van der Waals surface area contributed by atoms with E-state index in [-0.39, 0.29) is 24.9 Å². The smallest absolute Gasteiger partial charge is 0.251 e. The highest BCUT2D eigenvalue weighted by molar-refractivity contribution is 5.77. The van der Waals surface area contributed by atoms with Crippen LogP contribution < -0.4 is 10.6 Å². The molecule has 0 unspecified atom stereocenters. The number of hydrogen-bond acceptors (Lipinski definition) is 3. The number of anilines is 1. The van der Waals surface area contributed by atoms with E-state index in [0.29, 0.717) is 6.07 Å². The average Bonchev–Trinajstić information content (AvgIpc) is 3.09. The number of aromatic nitrogens is 1. The van der Waals surface area contributed by atoms with Crippen LogP contribution in [0.15, 0.2) is 6.07 Å². The van der Waals surface area contributed by atoms with Crippen molar-refractivity contribution in [3.05, 3.63) is 23.6 Å². The van der Waals surface area contributed by atoms with E-state index in [2.05, 4.69) is 15.6 Å². The highest BCUT2D eigenvalue weighted by Gasteiger charge is 2.22. The molecule has 0 spiro atoms. The summed E-state index contributed by atoms with van der Waals surface area (Å²) in [4.78, 5) is 14.4. The Balaban J connectivity index is 1.82. The normalized spacial score (nSPS) is 14.4. The zero-order chi connectivity index (χ0) is 13.1. The molecule has 2 N–H and O–H groups in total. The first-order valence-electron chi connectivity index (χ1n) is 5.61. The molecule has 7 heteroatoms. The van der Waals surface area contributed by atoms with Crippen LogP contribution >= 0.6 is 0 Å². The Kier molecular flexibility index (Phi) is 3.69. The van der Waals surface area contributed by atoms with Gasteiger partial charge in [0.1, 0.15) is 0 Å². The summed E-state index contributed by atoms with van der Waals surface area (Å²) in [6, 6.07) is 0.671. The van der Waals surface area contributed by atoms with Gasteiger partial charge in [0, 0.05) is 25.1 Å². The maximum Gasteiger partial charge on any atom is 0.251 e. The molecule has 4 nitrogen and oxygen atoms in total. The predicted molar refractivity (Wildman–Crippen MR) is 58.4 cm³/mol. The summed E-state index contributed by atoms with van der Waals surface area (Å²) in [5, 5.41) is 5.20. The van der Waals surface area contributed by atoms with Gasteiger partial charge in [-0.1, -0.05) is 0 Å². The summed E-state index contributed by atoms with van der Waals surface area (Å²) in [7, 11) is 0. The van der Waals surface area contributed by atoms with Gasteiger partial charge in [-0.2, -0.15) is 9.37 Å². The second-order valence-corrected chi connectivity index (χ2v) is 4.11. The summed E-state index contributed by atoms with van der Waals surface area (Å²) < 4.78 is 38.5. The van der Waals surface area contributed by atoms with E-state index >= 15 is 0 Å². The molecule has 1 aliphatic rings. The fourth-order valence-corrected chi connectivity index (χ4v) is 1.39. The minimum atomic E-state index is -1.37. The lowest BCUT2D eigenvalue weighted by atomic mass is 10.3. The lowest BCUT2D eigenvalue weighted by Gasteiger charge is -2.07. The number of nitrogens with zero attached hydrogens (tertiary/aromatic N) is 1. The van der Waals surface area contributed by atoms with E-state index in [9.17, 15) is 18.0 Å². The summed E-state index contributed by atoms with van der Waals surface area (Å²) >= 11 is 0. The third kappa shape index (κ3) is 3.35. The Morgan fingerprint density at radius 2 is 2.06 bits per heavy atom. The van der Waals surface area contributed by atoms with Gasteiger partial charge in [-0.25, -0.2) is 8.78 Å². The van der Waals surface area contributed by atoms with Crippen LogP contribution in [0.4, 0.5) is 19.0 Å². The Hall–Kier alpha value is -1.79. The van der Waals surface area contributed by atoms with E-state index in [0.717, 1.165) is 12.8 Å². The molecule has 1 aliphatic carbocycles. The maximum absolute atomic E-state index is 13.1. The van der Waals surface area contributed by atoms with Crippen molar-refractivity contribution in [2.24, 2.45) is 0 Å². The standard InChI is InChI=1S/C11H12F3N3O/c12-7-5-8(13)11(17-10(7)14)15-4-3-9(18)16-6-1-2-6/h5-6H,1-4H2,(H,15,17)(H,16,18). The number of pyridine rings is 1. The van der Waals surface area contributed by atoms with Gasteiger partial charge < -0.3 is 10.6 Å². The van der Waals surface area contributed by atoms with Crippen LogP contribution in [0, 0.1) is 17.6 Å². The number of hydrogen-bond donors (Lipinski definition) is 2. The number of amides is 1. The summed E-state index contributed by atoms with van der Waals surface area (Å²) in [6.45, 7) is 0.105. The van der Waals surface area contributed by atoms with Crippen molar-refractivity contribution in [1.29, 1.82) is 0 Å². The Morgan fingerprint density at radius 3 is 2.72 bits per heavy atom. The summed E-state index contributed by atoms with van der Waals surface area (Å²) in [5.41, 5.74) is 0. The molecule has 0 aliphatic heterocycles. The van der Waals surface area contributed by atoms with Crippen molar-refractivity contribution in [3.8, 4) is 0 Å². The topological polar surface area (TPSA) is 54.0 Å². The second-order valence-electron chi connectivity index (χ2n) is 4.11. The molecular formula is C11H12F3N3O. The van der Waals surface area contributed by atoms with Crippen LogP contribution in [-0.2, 0) is 4.79 Å². The van der Waals surface area contributed by atoms with E-state index in [1.807, 2.05) is 0 Å². The maximum atomic E-state index is 13.1. The van der Waals surface area contributed by atoms with Crippen LogP contribution in [0.1, 0.15) is 19.3 Å². The molecule has 0 aromatic carbocycles. The molecule has 0 saturated heterocycles. The molecule has 1 amide bonds. The highest BCUT2D eigenvalue weighted by Crippen LogP contribution is 2.18. The number of halogens is 3. The highest BCUT2D eigenvalue weighted by atomic mass is 19.2. The lowest BCUT2D eigenvalue weighted by Crippen LogP contribution is -2.27. The largest absolute Gasteiger partial charge is 0.367 e. The van der Waals surface area contributed by atoms with Crippen LogP contribution in [0.25, 0.3) is 0 Å². The molecule has 18 heavy (non-hydrogen) atoms. The zero-order valence-corrected chi connectivity index (χ0v) is 9.47. The van der Waals surface area contributed by atoms with Gasteiger partial charge in [-0.05, 0) is 12.8 Å². The number of carbonyl (C=O) groups is 1. The van der Waals surface area contributed by atoms with Crippen molar-refractivity contribution in [2.45, 2.75) is 25.3 Å². The Morgan fingerprint density at radius 1 is 1.33 bits per heavy atom. The Bertz CT molecular complexity index is 463. The van der Waals surface area contributed by atoms with Crippen LogP contribution in [0.5, 0.6) is 0 Å². The van der Waals surface area contributed by atoms with Gasteiger partial charge in [0.15, 0.2) is 17.5 Å². The third-order valence-electron chi connectivity index (χ3n) is 2.47. The Labute approximate surface area is 102 Å². The van der Waals surface area contributed by atoms with Crippen molar-refractivity contribution >= 4 is 11.7 Å². The lowest BCUT2D eigenvalue weighted by molar-refractivity contribution is -0.120. The number of rotatable bonds is 5. The van der Waals surface area contributed by atoms with Gasteiger partial charge in [0.2, 0.25) is 5.91 Å². The SMILES string of the molecule is O=C(CCNc1nc(F)c(F)cc1F)NC1CC1. The zero-order valence-electron chi connectivity index (χ0n) is 9.47.